The topological polar surface area (TPSA) is 156 Å². The maximum Gasteiger partial charge on any atom is 0.341 e. The van der Waals surface area contributed by atoms with Crippen molar-refractivity contribution in [1.82, 2.24) is 29.7 Å². The Morgan fingerprint density at radius 2 is 1.02 bits per heavy atom. The SMILES string of the molecule is CC(=O)N1CCC(Cc2ncc(C(=O)CO)cn2)(c2ccccc2)CC1.CCOC(=O)c1cnc(CC2(c3ccccc3)CCN(C(C)=O)CC2)nc1. The Morgan fingerprint density at radius 3 is 1.36 bits per heavy atom. The summed E-state index contributed by atoms with van der Waals surface area (Å²) in [5.41, 5.74) is 2.90. The lowest BCUT2D eigenvalue weighted by Crippen LogP contribution is -2.45. The van der Waals surface area contributed by atoms with Gasteiger partial charge in [-0.1, -0.05) is 60.7 Å². The Balaban J connectivity index is 0.000000204. The van der Waals surface area contributed by atoms with Gasteiger partial charge in [-0.3, -0.25) is 14.4 Å². The number of Topliss-reactive ketones (excluding diaryl/α,β-unsaturated/α-hetero) is 1. The monoisotopic (exact) mass is 720 g/mol. The number of ether oxygens (including phenoxy) is 1. The maximum atomic E-state index is 11.8. The minimum absolute atomic E-state index is 0.106. The normalized spacial score (nSPS) is 16.2. The number of hydrogen-bond acceptors (Lipinski definition) is 10. The van der Waals surface area contributed by atoms with E-state index < -0.39 is 12.6 Å². The third-order valence-corrected chi connectivity index (χ3v) is 10.5. The van der Waals surface area contributed by atoms with Crippen LogP contribution in [0.4, 0.5) is 0 Å². The highest BCUT2D eigenvalue weighted by molar-refractivity contribution is 5.96. The second-order valence-corrected chi connectivity index (χ2v) is 13.7. The van der Waals surface area contributed by atoms with Crippen molar-refractivity contribution < 1.29 is 29.0 Å². The van der Waals surface area contributed by atoms with E-state index in [0.29, 0.717) is 55.3 Å². The molecule has 53 heavy (non-hydrogen) atoms. The molecule has 4 aromatic rings. The van der Waals surface area contributed by atoms with E-state index in [1.54, 1.807) is 20.8 Å². The second-order valence-electron chi connectivity index (χ2n) is 13.7. The highest BCUT2D eigenvalue weighted by atomic mass is 16.5. The summed E-state index contributed by atoms with van der Waals surface area (Å²) in [5, 5.41) is 8.94. The van der Waals surface area contributed by atoms with Crippen molar-refractivity contribution in [3.63, 3.8) is 0 Å². The largest absolute Gasteiger partial charge is 0.462 e. The lowest BCUT2D eigenvalue weighted by molar-refractivity contribution is -0.131. The summed E-state index contributed by atoms with van der Waals surface area (Å²) >= 11 is 0. The number of piperidine rings is 2. The molecule has 2 aromatic carbocycles. The molecule has 12 nitrogen and oxygen atoms in total. The molecule has 2 fully saturated rings. The number of nitrogens with zero attached hydrogens (tertiary/aromatic N) is 6. The molecular weight excluding hydrogens is 672 g/mol. The molecular formula is C41H48N6O6. The lowest BCUT2D eigenvalue weighted by atomic mass is 9.70. The van der Waals surface area contributed by atoms with Gasteiger partial charge in [-0.15, -0.1) is 0 Å². The number of likely N-dealkylation sites (tertiary alicyclic amines) is 2. The van der Waals surface area contributed by atoms with Crippen molar-refractivity contribution in [2.75, 3.05) is 39.4 Å². The van der Waals surface area contributed by atoms with E-state index in [0.717, 1.165) is 38.8 Å². The molecule has 2 saturated heterocycles. The van der Waals surface area contributed by atoms with E-state index in [9.17, 15) is 19.2 Å². The van der Waals surface area contributed by atoms with Crippen LogP contribution in [0.15, 0.2) is 85.5 Å². The van der Waals surface area contributed by atoms with Gasteiger partial charge in [0.15, 0.2) is 5.78 Å². The van der Waals surface area contributed by atoms with Gasteiger partial charge in [0.1, 0.15) is 18.3 Å². The van der Waals surface area contributed by atoms with Crippen LogP contribution in [0.5, 0.6) is 0 Å². The summed E-state index contributed by atoms with van der Waals surface area (Å²) in [6.07, 6.45) is 10.7. The van der Waals surface area contributed by atoms with Gasteiger partial charge in [0.2, 0.25) is 11.8 Å². The molecule has 0 spiro atoms. The fraction of sp³-hybridized carbons (Fsp3) is 0.415. The predicted molar refractivity (Wildman–Crippen MR) is 198 cm³/mol. The van der Waals surface area contributed by atoms with Crippen LogP contribution in [0.2, 0.25) is 0 Å². The van der Waals surface area contributed by atoms with Crippen LogP contribution < -0.4 is 0 Å². The van der Waals surface area contributed by atoms with Crippen LogP contribution in [0.3, 0.4) is 0 Å². The summed E-state index contributed by atoms with van der Waals surface area (Å²) in [6.45, 7) is 7.65. The van der Waals surface area contributed by atoms with Gasteiger partial charge in [-0.2, -0.15) is 0 Å². The molecule has 2 aliphatic heterocycles. The number of carbonyl (C=O) groups is 4. The quantitative estimate of drug-likeness (QED) is 0.182. The minimum atomic E-state index is -0.544. The molecule has 0 atom stereocenters. The molecule has 278 valence electrons. The van der Waals surface area contributed by atoms with Gasteiger partial charge >= 0.3 is 5.97 Å². The van der Waals surface area contributed by atoms with Gasteiger partial charge in [0.05, 0.1) is 17.7 Å². The van der Waals surface area contributed by atoms with Crippen molar-refractivity contribution in [2.45, 2.75) is 70.1 Å². The summed E-state index contributed by atoms with van der Waals surface area (Å²) < 4.78 is 4.98. The molecule has 4 heterocycles. The van der Waals surface area contributed by atoms with E-state index in [2.05, 4.69) is 44.2 Å². The van der Waals surface area contributed by atoms with Gasteiger partial charge in [-0.25, -0.2) is 24.7 Å². The maximum absolute atomic E-state index is 11.8. The van der Waals surface area contributed by atoms with Crippen LogP contribution in [0.1, 0.15) is 89.9 Å². The van der Waals surface area contributed by atoms with Crippen LogP contribution >= 0.6 is 0 Å². The van der Waals surface area contributed by atoms with Crippen LogP contribution in [-0.4, -0.2) is 97.8 Å². The zero-order valence-electron chi connectivity index (χ0n) is 30.7. The van der Waals surface area contributed by atoms with E-state index in [-0.39, 0.29) is 28.4 Å². The van der Waals surface area contributed by atoms with Crippen molar-refractivity contribution in [1.29, 1.82) is 0 Å². The number of amides is 2. The summed E-state index contributed by atoms with van der Waals surface area (Å²) in [7, 11) is 0. The number of hydrogen-bond donors (Lipinski definition) is 1. The van der Waals surface area contributed by atoms with Gasteiger partial charge < -0.3 is 19.6 Å². The molecule has 2 aromatic heterocycles. The molecule has 2 aliphatic rings. The second kappa shape index (κ2) is 17.9. The summed E-state index contributed by atoms with van der Waals surface area (Å²) in [4.78, 5) is 68.0. The number of carbonyl (C=O) groups excluding carboxylic acids is 4. The first-order valence-corrected chi connectivity index (χ1v) is 18.1. The van der Waals surface area contributed by atoms with Crippen LogP contribution in [0, 0.1) is 0 Å². The van der Waals surface area contributed by atoms with Crippen molar-refractivity contribution >= 4 is 23.6 Å². The molecule has 1 N–H and O–H groups in total. The first-order chi connectivity index (χ1) is 25.6. The zero-order chi connectivity index (χ0) is 37.8. The van der Waals surface area contributed by atoms with E-state index in [1.165, 1.54) is 35.9 Å². The van der Waals surface area contributed by atoms with E-state index in [1.807, 2.05) is 46.2 Å². The zero-order valence-corrected chi connectivity index (χ0v) is 30.7. The molecule has 12 heteroatoms. The van der Waals surface area contributed by atoms with Crippen LogP contribution in [-0.2, 0) is 38.0 Å². The van der Waals surface area contributed by atoms with Crippen molar-refractivity contribution in [3.8, 4) is 0 Å². The van der Waals surface area contributed by atoms with Crippen molar-refractivity contribution in [2.24, 2.45) is 0 Å². The number of esters is 1. The van der Waals surface area contributed by atoms with Crippen LogP contribution in [0.25, 0.3) is 0 Å². The number of aliphatic hydroxyl groups excluding tert-OH is 1. The molecule has 0 radical (unpaired) electrons. The summed E-state index contributed by atoms with van der Waals surface area (Å²) in [5.74, 6) is 0.796. The smallest absolute Gasteiger partial charge is 0.341 e. The van der Waals surface area contributed by atoms with Gasteiger partial charge in [0.25, 0.3) is 0 Å². The first-order valence-electron chi connectivity index (χ1n) is 18.1. The van der Waals surface area contributed by atoms with Crippen molar-refractivity contribution in [3.05, 3.63) is 119 Å². The number of aliphatic hydroxyl groups is 1. The fourth-order valence-electron chi connectivity index (χ4n) is 7.27. The standard InChI is InChI=1S/C21H25N3O3.C20H23N3O3/c1-3-27-20(26)17-14-22-19(23-15-17)13-21(18-7-5-4-6-8-18)9-11-24(12-10-21)16(2)25;1-15(25)23-9-7-20(8-10-23,17-5-3-2-4-6-17)11-19-21-12-16(13-22-19)18(26)14-24/h4-8,14-15H,3,9-13H2,1-2H3;2-6,12-13,24H,7-11,14H2,1H3. The molecule has 2 amide bonds. The predicted octanol–water partition coefficient (Wildman–Crippen LogP) is 4.55. The van der Waals surface area contributed by atoms with E-state index in [4.69, 9.17) is 9.84 Å². The average molecular weight is 721 g/mol. The summed E-state index contributed by atoms with van der Waals surface area (Å²) in [6, 6.07) is 20.6. The number of aromatic nitrogens is 4. The highest BCUT2D eigenvalue weighted by Gasteiger charge is 2.39. The third kappa shape index (κ3) is 9.75. The Morgan fingerprint density at radius 1 is 0.642 bits per heavy atom. The fourth-order valence-corrected chi connectivity index (χ4v) is 7.27. The highest BCUT2D eigenvalue weighted by Crippen LogP contribution is 2.39. The number of benzene rings is 2. The van der Waals surface area contributed by atoms with E-state index >= 15 is 0 Å². The number of ketones is 1. The Bertz CT molecular complexity index is 1820. The Labute approximate surface area is 310 Å². The first kappa shape index (κ1) is 38.9. The average Bonchev–Trinajstić information content (AvgIpc) is 3.19. The third-order valence-electron chi connectivity index (χ3n) is 10.5. The van der Waals surface area contributed by atoms with Gasteiger partial charge in [-0.05, 0) is 43.7 Å². The number of rotatable bonds is 10. The minimum Gasteiger partial charge on any atom is -0.462 e. The molecule has 0 unspecified atom stereocenters. The molecule has 0 bridgehead atoms. The Kier molecular flexibility index (Phi) is 13.1. The molecule has 0 saturated carbocycles. The lowest BCUT2D eigenvalue weighted by Gasteiger charge is -2.42. The van der Waals surface area contributed by atoms with Gasteiger partial charge in [0, 0.05) is 88.5 Å². The Hall–Kier alpha value is -5.36. The molecule has 6 rings (SSSR count). The molecule has 0 aliphatic carbocycles.